The minimum absolute atomic E-state index is 0.123. The summed E-state index contributed by atoms with van der Waals surface area (Å²) in [7, 11) is -2.22. The van der Waals surface area contributed by atoms with E-state index in [1.54, 1.807) is 43.5 Å². The van der Waals surface area contributed by atoms with Crippen LogP contribution < -0.4 is 14.8 Å². The van der Waals surface area contributed by atoms with Crippen LogP contribution >= 0.6 is 0 Å². The molecule has 2 rings (SSSR count). The van der Waals surface area contributed by atoms with Crippen molar-refractivity contribution < 1.29 is 22.7 Å². The van der Waals surface area contributed by atoms with Crippen molar-refractivity contribution in [3.05, 3.63) is 54.1 Å². The monoisotopic (exact) mass is 434 g/mol. The Hall–Kier alpha value is -2.42. The normalized spacial score (nSPS) is 12.6. The summed E-state index contributed by atoms with van der Waals surface area (Å²) in [5.41, 5.74) is 1.52. The Labute approximate surface area is 178 Å². The standard InChI is InChI=1S/C22H30N2O5S/c1-16(2)15-21(24-30(26,27)20-11-5-17(3)6-12-20)22(25)23-18-7-9-19(10-8-18)29-14-13-28-4/h5-12,16,21,24H,13-15H2,1-4H3,(H,23,25). The molecule has 0 bridgehead atoms. The van der Waals surface area contributed by atoms with Gasteiger partial charge in [-0.1, -0.05) is 31.5 Å². The highest BCUT2D eigenvalue weighted by molar-refractivity contribution is 7.89. The molecule has 0 saturated carbocycles. The highest BCUT2D eigenvalue weighted by Gasteiger charge is 2.26. The topological polar surface area (TPSA) is 93.7 Å². The van der Waals surface area contributed by atoms with Gasteiger partial charge < -0.3 is 14.8 Å². The van der Waals surface area contributed by atoms with E-state index in [0.29, 0.717) is 31.1 Å². The Morgan fingerprint density at radius 2 is 1.63 bits per heavy atom. The summed E-state index contributed by atoms with van der Waals surface area (Å²) in [6.07, 6.45) is 0.370. The third-order valence-electron chi connectivity index (χ3n) is 4.33. The third-order valence-corrected chi connectivity index (χ3v) is 5.82. The second-order valence-electron chi connectivity index (χ2n) is 7.47. The van der Waals surface area contributed by atoms with Crippen molar-refractivity contribution in [1.29, 1.82) is 0 Å². The first-order valence-electron chi connectivity index (χ1n) is 9.83. The van der Waals surface area contributed by atoms with Crippen molar-refractivity contribution in [2.45, 2.75) is 38.1 Å². The van der Waals surface area contributed by atoms with Crippen molar-refractivity contribution >= 4 is 21.6 Å². The van der Waals surface area contributed by atoms with Crippen molar-refractivity contribution in [1.82, 2.24) is 4.72 Å². The van der Waals surface area contributed by atoms with Gasteiger partial charge in [0.05, 0.1) is 11.5 Å². The van der Waals surface area contributed by atoms with Gasteiger partial charge in [-0.2, -0.15) is 4.72 Å². The fourth-order valence-electron chi connectivity index (χ4n) is 2.76. The SMILES string of the molecule is COCCOc1ccc(NC(=O)C(CC(C)C)NS(=O)(=O)c2ccc(C)cc2)cc1. The first kappa shape index (κ1) is 23.9. The van der Waals surface area contributed by atoms with Gasteiger partial charge in [-0.3, -0.25) is 4.79 Å². The Morgan fingerprint density at radius 3 is 2.20 bits per heavy atom. The quantitative estimate of drug-likeness (QED) is 0.529. The van der Waals surface area contributed by atoms with E-state index in [-0.39, 0.29) is 10.8 Å². The highest BCUT2D eigenvalue weighted by atomic mass is 32.2. The lowest BCUT2D eigenvalue weighted by atomic mass is 10.0. The average molecular weight is 435 g/mol. The highest BCUT2D eigenvalue weighted by Crippen LogP contribution is 2.18. The van der Waals surface area contributed by atoms with Crippen molar-refractivity contribution in [3.63, 3.8) is 0 Å². The van der Waals surface area contributed by atoms with E-state index in [9.17, 15) is 13.2 Å². The molecule has 2 N–H and O–H groups in total. The van der Waals surface area contributed by atoms with E-state index < -0.39 is 22.0 Å². The molecule has 1 atom stereocenters. The van der Waals surface area contributed by atoms with Crippen LogP contribution in [-0.4, -0.2) is 40.7 Å². The van der Waals surface area contributed by atoms with Gasteiger partial charge >= 0.3 is 0 Å². The molecule has 8 heteroatoms. The van der Waals surface area contributed by atoms with Crippen molar-refractivity contribution in [3.8, 4) is 5.75 Å². The Balaban J connectivity index is 2.08. The predicted octanol–water partition coefficient (Wildman–Crippen LogP) is 3.35. The number of sulfonamides is 1. The summed E-state index contributed by atoms with van der Waals surface area (Å²) in [5.74, 6) is 0.370. The number of carbonyl (C=O) groups is 1. The molecule has 0 aliphatic carbocycles. The van der Waals surface area contributed by atoms with E-state index in [2.05, 4.69) is 10.0 Å². The fraction of sp³-hybridized carbons (Fsp3) is 0.409. The molecular formula is C22H30N2O5S. The second kappa shape index (κ2) is 11.1. The maximum absolute atomic E-state index is 12.8. The minimum Gasteiger partial charge on any atom is -0.491 e. The summed E-state index contributed by atoms with van der Waals surface area (Å²) in [6.45, 7) is 6.67. The van der Waals surface area contributed by atoms with E-state index in [4.69, 9.17) is 9.47 Å². The summed E-state index contributed by atoms with van der Waals surface area (Å²) in [5, 5.41) is 2.78. The van der Waals surface area contributed by atoms with Gasteiger partial charge in [-0.15, -0.1) is 0 Å². The van der Waals surface area contributed by atoms with Gasteiger partial charge in [0.1, 0.15) is 18.4 Å². The summed E-state index contributed by atoms with van der Waals surface area (Å²) < 4.78 is 38.5. The number of hydrogen-bond acceptors (Lipinski definition) is 5. The lowest BCUT2D eigenvalue weighted by molar-refractivity contribution is -0.118. The molecule has 1 amide bonds. The Kier molecular flexibility index (Phi) is 8.83. The van der Waals surface area contributed by atoms with Crippen LogP contribution in [0, 0.1) is 12.8 Å². The van der Waals surface area contributed by atoms with Gasteiger partial charge in [-0.25, -0.2) is 8.42 Å². The van der Waals surface area contributed by atoms with E-state index in [0.717, 1.165) is 5.56 Å². The van der Waals surface area contributed by atoms with Crippen LogP contribution in [0.2, 0.25) is 0 Å². The number of carbonyl (C=O) groups excluding carboxylic acids is 1. The molecule has 0 aliphatic rings. The van der Waals surface area contributed by atoms with Gasteiger partial charge in [0, 0.05) is 12.8 Å². The molecule has 1 unspecified atom stereocenters. The molecule has 0 saturated heterocycles. The Bertz CT molecular complexity index is 910. The van der Waals surface area contributed by atoms with Crippen LogP contribution in [0.4, 0.5) is 5.69 Å². The maximum atomic E-state index is 12.8. The number of anilines is 1. The lowest BCUT2D eigenvalue weighted by Gasteiger charge is -2.20. The number of methoxy groups -OCH3 is 1. The zero-order valence-corrected chi connectivity index (χ0v) is 18.7. The number of hydrogen-bond donors (Lipinski definition) is 2. The molecule has 0 spiro atoms. The minimum atomic E-state index is -3.82. The number of rotatable bonds is 11. The van der Waals surface area contributed by atoms with Crippen LogP contribution in [-0.2, 0) is 19.6 Å². The number of benzene rings is 2. The second-order valence-corrected chi connectivity index (χ2v) is 9.19. The van der Waals surface area contributed by atoms with Crippen LogP contribution in [0.15, 0.2) is 53.4 Å². The number of amides is 1. The maximum Gasteiger partial charge on any atom is 0.242 e. The summed E-state index contributed by atoms with van der Waals surface area (Å²) >= 11 is 0. The van der Waals surface area contributed by atoms with Crippen LogP contribution in [0.25, 0.3) is 0 Å². The molecule has 2 aromatic rings. The molecule has 0 radical (unpaired) electrons. The van der Waals surface area contributed by atoms with E-state index in [1.165, 1.54) is 12.1 Å². The van der Waals surface area contributed by atoms with Crippen molar-refractivity contribution in [2.24, 2.45) is 5.92 Å². The van der Waals surface area contributed by atoms with Crippen LogP contribution in [0.1, 0.15) is 25.8 Å². The lowest BCUT2D eigenvalue weighted by Crippen LogP contribution is -2.44. The molecule has 30 heavy (non-hydrogen) atoms. The number of aryl methyl sites for hydroxylation is 1. The number of ether oxygens (including phenoxy) is 2. The van der Waals surface area contributed by atoms with Gasteiger partial charge in [0.15, 0.2) is 0 Å². The van der Waals surface area contributed by atoms with E-state index >= 15 is 0 Å². The van der Waals surface area contributed by atoms with E-state index in [1.807, 2.05) is 20.8 Å². The zero-order valence-electron chi connectivity index (χ0n) is 17.8. The predicted molar refractivity (Wildman–Crippen MR) is 117 cm³/mol. The molecule has 7 nitrogen and oxygen atoms in total. The fourth-order valence-corrected chi connectivity index (χ4v) is 3.97. The van der Waals surface area contributed by atoms with Gasteiger partial charge in [0.2, 0.25) is 15.9 Å². The Morgan fingerprint density at radius 1 is 1.00 bits per heavy atom. The molecule has 164 valence electrons. The molecule has 0 aromatic heterocycles. The van der Waals surface area contributed by atoms with Crippen molar-refractivity contribution in [2.75, 3.05) is 25.6 Å². The van der Waals surface area contributed by atoms with Crippen LogP contribution in [0.3, 0.4) is 0 Å². The summed E-state index contributed by atoms with van der Waals surface area (Å²) in [6, 6.07) is 12.5. The van der Waals surface area contributed by atoms with Gasteiger partial charge in [-0.05, 0) is 55.7 Å². The average Bonchev–Trinajstić information content (AvgIpc) is 2.69. The molecular weight excluding hydrogens is 404 g/mol. The van der Waals surface area contributed by atoms with Gasteiger partial charge in [0.25, 0.3) is 0 Å². The number of nitrogens with one attached hydrogen (secondary N) is 2. The summed E-state index contributed by atoms with van der Waals surface area (Å²) in [4.78, 5) is 13.0. The largest absolute Gasteiger partial charge is 0.491 e. The first-order valence-corrected chi connectivity index (χ1v) is 11.3. The smallest absolute Gasteiger partial charge is 0.242 e. The first-order chi connectivity index (χ1) is 14.2. The van der Waals surface area contributed by atoms with Crippen LogP contribution in [0.5, 0.6) is 5.75 Å². The molecule has 2 aromatic carbocycles. The zero-order chi connectivity index (χ0) is 22.1. The molecule has 0 heterocycles. The molecule has 0 aliphatic heterocycles. The molecule has 0 fully saturated rings. The third kappa shape index (κ3) is 7.44.